The van der Waals surface area contributed by atoms with Crippen molar-refractivity contribution < 1.29 is 18.7 Å². The Labute approximate surface area is 173 Å². The van der Waals surface area contributed by atoms with Crippen LogP contribution in [0.2, 0.25) is 0 Å². The van der Waals surface area contributed by atoms with Gasteiger partial charge in [0.15, 0.2) is 0 Å². The Kier molecular flexibility index (Phi) is 9.91. The summed E-state index contributed by atoms with van der Waals surface area (Å²) in [4.78, 5) is 27.9. The number of piperazine rings is 1. The molecule has 162 valence electrons. The van der Waals surface area contributed by atoms with E-state index in [0.717, 1.165) is 19.3 Å². The van der Waals surface area contributed by atoms with Gasteiger partial charge in [-0.05, 0) is 24.5 Å². The minimum atomic E-state index is -0.248. The van der Waals surface area contributed by atoms with Gasteiger partial charge in [-0.3, -0.25) is 9.59 Å². The number of carbonyl (C=O) groups excluding carboxylic acids is 2. The molecule has 2 rings (SSSR count). The molecule has 1 aliphatic heterocycles. The van der Waals surface area contributed by atoms with Gasteiger partial charge < -0.3 is 19.9 Å². The zero-order valence-electron chi connectivity index (χ0n) is 17.7. The quantitative estimate of drug-likeness (QED) is 0.613. The fraction of sp³-hybridized carbons (Fsp3) is 0.636. The fourth-order valence-electron chi connectivity index (χ4n) is 3.48. The maximum atomic E-state index is 13.9. The van der Waals surface area contributed by atoms with E-state index in [1.807, 2.05) is 4.90 Å². The van der Waals surface area contributed by atoms with Gasteiger partial charge in [0, 0.05) is 32.7 Å². The second kappa shape index (κ2) is 12.4. The molecule has 1 fully saturated rings. The van der Waals surface area contributed by atoms with Gasteiger partial charge in [0.2, 0.25) is 11.8 Å². The van der Waals surface area contributed by atoms with Crippen LogP contribution in [-0.2, 0) is 14.3 Å². The van der Waals surface area contributed by atoms with Gasteiger partial charge in [-0.15, -0.1) is 0 Å². The molecule has 2 amide bonds. The number of hydrogen-bond acceptors (Lipinski definition) is 4. The van der Waals surface area contributed by atoms with Crippen LogP contribution in [0.15, 0.2) is 24.3 Å². The van der Waals surface area contributed by atoms with Gasteiger partial charge in [0.25, 0.3) is 0 Å². The average Bonchev–Trinajstić information content (AvgIpc) is 2.74. The molecule has 1 saturated heterocycles. The summed E-state index contributed by atoms with van der Waals surface area (Å²) in [5, 5.41) is 2.89. The lowest BCUT2D eigenvalue weighted by atomic mass is 9.99. The minimum absolute atomic E-state index is 0.106. The Morgan fingerprint density at radius 1 is 1.14 bits per heavy atom. The molecule has 0 radical (unpaired) electrons. The number of amides is 2. The number of para-hydroxylation sites is 1. The molecular formula is C22H34FN3O3. The van der Waals surface area contributed by atoms with Crippen molar-refractivity contribution in [1.82, 2.24) is 10.2 Å². The molecule has 1 aliphatic rings. The Balaban J connectivity index is 1.63. The Morgan fingerprint density at radius 3 is 2.52 bits per heavy atom. The van der Waals surface area contributed by atoms with E-state index < -0.39 is 0 Å². The van der Waals surface area contributed by atoms with Crippen molar-refractivity contribution >= 4 is 17.5 Å². The number of hydrogen-bond donors (Lipinski definition) is 1. The van der Waals surface area contributed by atoms with Crippen molar-refractivity contribution in [2.24, 2.45) is 5.92 Å². The molecule has 7 heteroatoms. The van der Waals surface area contributed by atoms with E-state index >= 15 is 0 Å². The van der Waals surface area contributed by atoms with Crippen molar-refractivity contribution in [3.63, 3.8) is 0 Å². The van der Waals surface area contributed by atoms with E-state index in [2.05, 4.69) is 19.2 Å². The van der Waals surface area contributed by atoms with Crippen LogP contribution in [-0.4, -0.2) is 62.7 Å². The first-order valence-corrected chi connectivity index (χ1v) is 10.7. The average molecular weight is 408 g/mol. The van der Waals surface area contributed by atoms with E-state index in [4.69, 9.17) is 4.74 Å². The van der Waals surface area contributed by atoms with E-state index in [0.29, 0.717) is 44.3 Å². The molecule has 1 heterocycles. The van der Waals surface area contributed by atoms with Gasteiger partial charge in [-0.2, -0.15) is 0 Å². The second-order valence-electron chi connectivity index (χ2n) is 7.53. The van der Waals surface area contributed by atoms with E-state index in [1.165, 1.54) is 12.5 Å². The van der Waals surface area contributed by atoms with Crippen LogP contribution in [0.1, 0.15) is 39.5 Å². The highest BCUT2D eigenvalue weighted by Crippen LogP contribution is 2.20. The number of anilines is 1. The monoisotopic (exact) mass is 407 g/mol. The molecule has 1 aromatic rings. The first-order chi connectivity index (χ1) is 14.0. The van der Waals surface area contributed by atoms with Crippen LogP contribution >= 0.6 is 0 Å². The van der Waals surface area contributed by atoms with Gasteiger partial charge in [-0.1, -0.05) is 45.2 Å². The molecule has 1 unspecified atom stereocenters. The zero-order chi connectivity index (χ0) is 21.1. The summed E-state index contributed by atoms with van der Waals surface area (Å²) in [7, 11) is 0. The van der Waals surface area contributed by atoms with Crippen molar-refractivity contribution in [1.29, 1.82) is 0 Å². The van der Waals surface area contributed by atoms with E-state index in [9.17, 15) is 14.0 Å². The summed E-state index contributed by atoms with van der Waals surface area (Å²) in [6.07, 6.45) is 4.48. The number of unbranched alkanes of at least 4 members (excludes halogenated alkanes) is 1. The predicted octanol–water partition coefficient (Wildman–Crippen LogP) is 2.82. The van der Waals surface area contributed by atoms with Crippen molar-refractivity contribution in [2.45, 2.75) is 39.5 Å². The summed E-state index contributed by atoms with van der Waals surface area (Å²) in [5.74, 6) is -0.0783. The molecule has 0 saturated carbocycles. The summed E-state index contributed by atoms with van der Waals surface area (Å²) >= 11 is 0. The van der Waals surface area contributed by atoms with Crippen LogP contribution in [0.3, 0.4) is 0 Å². The van der Waals surface area contributed by atoms with Crippen LogP contribution in [0, 0.1) is 11.7 Å². The summed E-state index contributed by atoms with van der Waals surface area (Å²) in [6, 6.07) is 6.67. The summed E-state index contributed by atoms with van der Waals surface area (Å²) in [5.41, 5.74) is 0.567. The minimum Gasteiger partial charge on any atom is -0.366 e. The third-order valence-electron chi connectivity index (χ3n) is 5.42. The lowest BCUT2D eigenvalue weighted by Crippen LogP contribution is -2.50. The Bertz CT molecular complexity index is 648. The fourth-order valence-corrected chi connectivity index (χ4v) is 3.48. The van der Waals surface area contributed by atoms with Gasteiger partial charge in [0.05, 0.1) is 5.69 Å². The highest BCUT2D eigenvalue weighted by molar-refractivity contribution is 5.79. The first kappa shape index (κ1) is 23.1. The third-order valence-corrected chi connectivity index (χ3v) is 5.42. The highest BCUT2D eigenvalue weighted by Gasteiger charge is 2.22. The molecular weight excluding hydrogens is 373 g/mol. The number of nitrogens with zero attached hydrogens (tertiary/aromatic N) is 2. The largest absolute Gasteiger partial charge is 0.366 e. The number of carbonyl (C=O) groups is 2. The zero-order valence-corrected chi connectivity index (χ0v) is 17.7. The second-order valence-corrected chi connectivity index (χ2v) is 7.53. The maximum Gasteiger partial charge on any atom is 0.248 e. The van der Waals surface area contributed by atoms with Crippen molar-refractivity contribution in [3.05, 3.63) is 30.1 Å². The number of benzene rings is 1. The first-order valence-electron chi connectivity index (χ1n) is 10.7. The summed E-state index contributed by atoms with van der Waals surface area (Å²) in [6.45, 7) is 6.91. The lowest BCUT2D eigenvalue weighted by Gasteiger charge is -2.36. The van der Waals surface area contributed by atoms with E-state index in [1.54, 1.807) is 23.1 Å². The topological polar surface area (TPSA) is 61.9 Å². The number of halogens is 1. The number of rotatable bonds is 11. The lowest BCUT2D eigenvalue weighted by molar-refractivity contribution is -0.138. The van der Waals surface area contributed by atoms with Crippen LogP contribution < -0.4 is 10.2 Å². The van der Waals surface area contributed by atoms with Crippen LogP contribution in [0.5, 0.6) is 0 Å². The predicted molar refractivity (Wildman–Crippen MR) is 112 cm³/mol. The van der Waals surface area contributed by atoms with Crippen LogP contribution in [0.4, 0.5) is 10.1 Å². The van der Waals surface area contributed by atoms with Gasteiger partial charge >= 0.3 is 0 Å². The van der Waals surface area contributed by atoms with Gasteiger partial charge in [0.1, 0.15) is 19.0 Å². The Hall–Kier alpha value is -2.15. The molecule has 1 aromatic carbocycles. The Morgan fingerprint density at radius 2 is 1.86 bits per heavy atom. The molecule has 1 atom stereocenters. The molecule has 1 N–H and O–H groups in total. The number of ether oxygens (including phenoxy) is 1. The molecule has 0 spiro atoms. The molecule has 0 bridgehead atoms. The normalized spacial score (nSPS) is 15.3. The molecule has 0 aliphatic carbocycles. The molecule has 6 nitrogen and oxygen atoms in total. The van der Waals surface area contributed by atoms with E-state index in [-0.39, 0.29) is 30.8 Å². The van der Waals surface area contributed by atoms with Crippen LogP contribution in [0.25, 0.3) is 0 Å². The molecule has 29 heavy (non-hydrogen) atoms. The third kappa shape index (κ3) is 7.65. The summed E-state index contributed by atoms with van der Waals surface area (Å²) < 4.78 is 19.2. The maximum absolute atomic E-state index is 13.9. The highest BCUT2D eigenvalue weighted by atomic mass is 19.1. The number of nitrogens with one attached hydrogen (secondary N) is 1. The standard InChI is InChI=1S/C22H34FN3O3/c1-3-5-8-18(4-2)15-24-21(27)16-29-17-22(28)26-13-11-25(12-14-26)20-10-7-6-9-19(20)23/h6-7,9-10,18H,3-5,8,11-17H2,1-2H3,(H,24,27). The molecule has 0 aromatic heterocycles. The van der Waals surface area contributed by atoms with Crippen molar-refractivity contribution in [2.75, 3.05) is 50.8 Å². The van der Waals surface area contributed by atoms with Gasteiger partial charge in [-0.25, -0.2) is 4.39 Å². The SMILES string of the molecule is CCCCC(CC)CNC(=O)COCC(=O)N1CCN(c2ccccc2F)CC1. The van der Waals surface area contributed by atoms with Crippen molar-refractivity contribution in [3.8, 4) is 0 Å². The smallest absolute Gasteiger partial charge is 0.248 e.